The van der Waals surface area contributed by atoms with E-state index in [-0.39, 0.29) is 36.7 Å². The third-order valence-electron chi connectivity index (χ3n) is 6.49. The van der Waals surface area contributed by atoms with Crippen LogP contribution in [0.25, 0.3) is 0 Å². The zero-order valence-electron chi connectivity index (χ0n) is 20.7. The lowest BCUT2D eigenvalue weighted by molar-refractivity contribution is -0.126. The second-order valence-electron chi connectivity index (χ2n) is 9.03. The van der Waals surface area contributed by atoms with Crippen LogP contribution in [0.15, 0.2) is 48.5 Å². The van der Waals surface area contributed by atoms with Crippen LogP contribution in [0, 0.1) is 5.92 Å². The van der Waals surface area contributed by atoms with Crippen molar-refractivity contribution < 1.29 is 23.9 Å². The van der Waals surface area contributed by atoms with Crippen molar-refractivity contribution in [3.05, 3.63) is 54.1 Å². The molecule has 2 aliphatic rings. The molecule has 9 nitrogen and oxygen atoms in total. The quantitative estimate of drug-likeness (QED) is 0.525. The van der Waals surface area contributed by atoms with Crippen molar-refractivity contribution in [2.24, 2.45) is 5.92 Å². The number of carbonyl (C=O) groups is 3. The Labute approximate surface area is 211 Å². The monoisotopic (exact) mass is 494 g/mol. The van der Waals surface area contributed by atoms with Gasteiger partial charge in [0.2, 0.25) is 11.8 Å². The molecule has 4 rings (SSSR count). The Balaban J connectivity index is 1.21. The van der Waals surface area contributed by atoms with Crippen molar-refractivity contribution in [3.8, 4) is 5.75 Å². The van der Waals surface area contributed by atoms with E-state index in [4.69, 9.17) is 9.47 Å². The second kappa shape index (κ2) is 12.5. The first-order valence-electron chi connectivity index (χ1n) is 12.5. The molecule has 2 aliphatic heterocycles. The van der Waals surface area contributed by atoms with Gasteiger partial charge in [-0.1, -0.05) is 19.1 Å². The molecule has 0 bridgehead atoms. The largest absolute Gasteiger partial charge is 0.484 e. The SMILES string of the molecule is CCc1ccc(NC(=O)COc2ccc(N3C[C@H](C(=O)NCCN4CCOCC4)CC3=O)cc2)cc1. The number of nitrogens with zero attached hydrogens (tertiary/aromatic N) is 2. The number of carbonyl (C=O) groups excluding carboxylic acids is 3. The third-order valence-corrected chi connectivity index (χ3v) is 6.49. The maximum atomic E-state index is 12.6. The van der Waals surface area contributed by atoms with E-state index in [0.29, 0.717) is 24.5 Å². The zero-order chi connectivity index (χ0) is 25.3. The molecule has 2 heterocycles. The van der Waals surface area contributed by atoms with Gasteiger partial charge in [-0.15, -0.1) is 0 Å². The van der Waals surface area contributed by atoms with E-state index in [0.717, 1.165) is 45.0 Å². The summed E-state index contributed by atoms with van der Waals surface area (Å²) < 4.78 is 10.9. The van der Waals surface area contributed by atoms with E-state index in [1.54, 1.807) is 29.2 Å². The van der Waals surface area contributed by atoms with Crippen molar-refractivity contribution in [2.75, 3.05) is 62.8 Å². The molecule has 9 heteroatoms. The fraction of sp³-hybridized carbons (Fsp3) is 0.444. The smallest absolute Gasteiger partial charge is 0.262 e. The summed E-state index contributed by atoms with van der Waals surface area (Å²) in [5.41, 5.74) is 2.64. The first-order valence-corrected chi connectivity index (χ1v) is 12.5. The van der Waals surface area contributed by atoms with Crippen LogP contribution >= 0.6 is 0 Å². The van der Waals surface area contributed by atoms with E-state index in [1.807, 2.05) is 24.3 Å². The van der Waals surface area contributed by atoms with Crippen LogP contribution in [0.1, 0.15) is 18.9 Å². The lowest BCUT2D eigenvalue weighted by Gasteiger charge is -2.26. The average Bonchev–Trinajstić information content (AvgIpc) is 3.30. The molecule has 0 aromatic heterocycles. The van der Waals surface area contributed by atoms with Crippen LogP contribution in [0.3, 0.4) is 0 Å². The Morgan fingerprint density at radius 3 is 2.47 bits per heavy atom. The van der Waals surface area contributed by atoms with Gasteiger partial charge in [0.15, 0.2) is 6.61 Å². The van der Waals surface area contributed by atoms with E-state index >= 15 is 0 Å². The molecule has 2 fully saturated rings. The first-order chi connectivity index (χ1) is 17.5. The molecule has 0 unspecified atom stereocenters. The fourth-order valence-corrected chi connectivity index (χ4v) is 4.33. The van der Waals surface area contributed by atoms with Crippen LogP contribution in [0.2, 0.25) is 0 Å². The third kappa shape index (κ3) is 7.05. The molecule has 0 radical (unpaired) electrons. The Morgan fingerprint density at radius 2 is 1.78 bits per heavy atom. The zero-order valence-corrected chi connectivity index (χ0v) is 20.7. The molecule has 2 aromatic carbocycles. The van der Waals surface area contributed by atoms with E-state index in [9.17, 15) is 14.4 Å². The molecule has 0 saturated carbocycles. The fourth-order valence-electron chi connectivity index (χ4n) is 4.33. The van der Waals surface area contributed by atoms with Gasteiger partial charge in [0.25, 0.3) is 5.91 Å². The van der Waals surface area contributed by atoms with Crippen molar-refractivity contribution >= 4 is 29.1 Å². The summed E-state index contributed by atoms with van der Waals surface area (Å²) in [6.07, 6.45) is 1.14. The van der Waals surface area contributed by atoms with E-state index < -0.39 is 0 Å². The summed E-state index contributed by atoms with van der Waals surface area (Å²) in [6.45, 7) is 6.86. The number of ether oxygens (including phenoxy) is 2. The van der Waals surface area contributed by atoms with Crippen molar-refractivity contribution in [1.29, 1.82) is 0 Å². The molecular weight excluding hydrogens is 460 g/mol. The van der Waals surface area contributed by atoms with Gasteiger partial charge in [0.05, 0.1) is 19.1 Å². The van der Waals surface area contributed by atoms with Crippen molar-refractivity contribution in [2.45, 2.75) is 19.8 Å². The summed E-state index contributed by atoms with van der Waals surface area (Å²) in [6, 6.07) is 14.7. The van der Waals surface area contributed by atoms with Crippen LogP contribution in [0.4, 0.5) is 11.4 Å². The predicted octanol–water partition coefficient (Wildman–Crippen LogP) is 2.07. The highest BCUT2D eigenvalue weighted by molar-refractivity contribution is 6.00. The maximum Gasteiger partial charge on any atom is 0.262 e. The summed E-state index contributed by atoms with van der Waals surface area (Å²) in [5, 5.41) is 5.78. The Hall–Kier alpha value is -3.43. The highest BCUT2D eigenvalue weighted by Crippen LogP contribution is 2.27. The Morgan fingerprint density at radius 1 is 1.06 bits per heavy atom. The van der Waals surface area contributed by atoms with Crippen molar-refractivity contribution in [3.63, 3.8) is 0 Å². The lowest BCUT2D eigenvalue weighted by Crippen LogP contribution is -2.42. The molecule has 36 heavy (non-hydrogen) atoms. The standard InChI is InChI=1S/C27H34N4O5/c1-2-20-3-5-22(6-4-20)29-25(32)19-36-24-9-7-23(8-10-24)31-18-21(17-26(31)33)27(34)28-11-12-30-13-15-35-16-14-30/h3-10,21H,2,11-19H2,1H3,(H,28,34)(H,29,32)/t21-/m1/s1. The number of hydrogen-bond donors (Lipinski definition) is 2. The average molecular weight is 495 g/mol. The number of rotatable bonds is 10. The topological polar surface area (TPSA) is 100 Å². The van der Waals surface area contributed by atoms with Gasteiger partial charge in [-0.05, 0) is 48.4 Å². The number of hydrogen-bond acceptors (Lipinski definition) is 6. The van der Waals surface area contributed by atoms with Crippen LogP contribution in [-0.4, -0.2) is 75.2 Å². The predicted molar refractivity (Wildman–Crippen MR) is 137 cm³/mol. The number of aryl methyl sites for hydroxylation is 1. The second-order valence-corrected chi connectivity index (χ2v) is 9.03. The van der Waals surface area contributed by atoms with Crippen LogP contribution < -0.4 is 20.3 Å². The van der Waals surface area contributed by atoms with Crippen molar-refractivity contribution in [1.82, 2.24) is 10.2 Å². The molecule has 2 saturated heterocycles. The first kappa shape index (κ1) is 25.7. The van der Waals surface area contributed by atoms with Gasteiger partial charge in [0, 0.05) is 50.5 Å². The number of anilines is 2. The molecule has 1 atom stereocenters. The summed E-state index contributed by atoms with van der Waals surface area (Å²) in [4.78, 5) is 41.2. The Bertz CT molecular complexity index is 1040. The van der Waals surface area contributed by atoms with Gasteiger partial charge in [-0.3, -0.25) is 19.3 Å². The molecule has 2 aromatic rings. The summed E-state index contributed by atoms with van der Waals surface area (Å²) in [7, 11) is 0. The maximum absolute atomic E-state index is 12.6. The molecular formula is C27H34N4O5. The number of benzene rings is 2. The minimum Gasteiger partial charge on any atom is -0.484 e. The molecule has 2 N–H and O–H groups in total. The van der Waals surface area contributed by atoms with E-state index in [2.05, 4.69) is 22.5 Å². The molecule has 0 aliphatic carbocycles. The summed E-state index contributed by atoms with van der Waals surface area (Å²) in [5.74, 6) is -0.257. The van der Waals surface area contributed by atoms with Gasteiger partial charge in [-0.2, -0.15) is 0 Å². The number of amides is 3. The Kier molecular flexibility index (Phi) is 8.91. The van der Waals surface area contributed by atoms with Gasteiger partial charge >= 0.3 is 0 Å². The van der Waals surface area contributed by atoms with Gasteiger partial charge in [-0.25, -0.2) is 0 Å². The van der Waals surface area contributed by atoms with Gasteiger partial charge in [0.1, 0.15) is 5.75 Å². The van der Waals surface area contributed by atoms with Gasteiger partial charge < -0.3 is 25.0 Å². The number of nitrogens with one attached hydrogen (secondary N) is 2. The van der Waals surface area contributed by atoms with E-state index in [1.165, 1.54) is 5.56 Å². The molecule has 0 spiro atoms. The van der Waals surface area contributed by atoms with Crippen LogP contribution in [0.5, 0.6) is 5.75 Å². The highest BCUT2D eigenvalue weighted by Gasteiger charge is 2.35. The summed E-state index contributed by atoms with van der Waals surface area (Å²) >= 11 is 0. The minimum absolute atomic E-state index is 0.0783. The molecule has 3 amide bonds. The molecule has 192 valence electrons. The minimum atomic E-state index is -0.367. The number of morpholine rings is 1. The normalized spacial score (nSPS) is 18.2. The highest BCUT2D eigenvalue weighted by atomic mass is 16.5. The lowest BCUT2D eigenvalue weighted by atomic mass is 10.1. The van der Waals surface area contributed by atoms with Crippen LogP contribution in [-0.2, 0) is 25.5 Å².